The van der Waals surface area contributed by atoms with E-state index in [0.717, 1.165) is 16.8 Å². The number of hydrogen-bond acceptors (Lipinski definition) is 6. The summed E-state index contributed by atoms with van der Waals surface area (Å²) < 4.78 is 0. The van der Waals surface area contributed by atoms with Gasteiger partial charge in [0.25, 0.3) is 5.91 Å². The number of aryl methyl sites for hydroxylation is 1. The Hall–Kier alpha value is -2.71. The molecule has 1 aromatic rings. The first-order valence-corrected chi connectivity index (χ1v) is 9.48. The fourth-order valence-corrected chi connectivity index (χ4v) is 4.26. The smallest absolute Gasteiger partial charge is 0.310 e. The molecule has 28 heavy (non-hydrogen) atoms. The number of carbonyl (C=O) groups is 2. The summed E-state index contributed by atoms with van der Waals surface area (Å²) in [6.07, 6.45) is 1.16. The summed E-state index contributed by atoms with van der Waals surface area (Å²) in [7, 11) is 1.74. The van der Waals surface area contributed by atoms with Crippen molar-refractivity contribution in [1.29, 1.82) is 0 Å². The number of imide groups is 1. The van der Waals surface area contributed by atoms with Crippen molar-refractivity contribution in [2.45, 2.75) is 38.9 Å². The van der Waals surface area contributed by atoms with Gasteiger partial charge in [0, 0.05) is 19.3 Å². The van der Waals surface area contributed by atoms with Gasteiger partial charge in [-0.15, -0.1) is 6.58 Å². The Morgan fingerprint density at radius 1 is 1.32 bits per heavy atom. The van der Waals surface area contributed by atoms with Crippen LogP contribution < -0.4 is 5.32 Å². The molecule has 2 fully saturated rings. The molecule has 4 rings (SSSR count). The second-order valence-electron chi connectivity index (χ2n) is 7.66. The number of rotatable bonds is 4. The number of nitrogens with zero attached hydrogens (tertiary/aromatic N) is 5. The molecule has 3 aliphatic heterocycles. The predicted molar refractivity (Wildman–Crippen MR) is 106 cm³/mol. The molecule has 3 unspecified atom stereocenters. The third-order valence-electron chi connectivity index (χ3n) is 5.49. The first-order chi connectivity index (χ1) is 13.4. The number of fused-ring (bicyclic) bond motifs is 3. The number of carbonyl (C=O) groups excluding carboxylic acids is 2. The molecule has 8 nitrogen and oxygen atoms in total. The van der Waals surface area contributed by atoms with Gasteiger partial charge in [0.1, 0.15) is 12.2 Å². The zero-order valence-electron chi connectivity index (χ0n) is 16.5. The second kappa shape index (κ2) is 7.03. The Morgan fingerprint density at radius 2 is 2.11 bits per heavy atom. The van der Waals surface area contributed by atoms with E-state index in [0.29, 0.717) is 13.1 Å². The Labute approximate surface area is 165 Å². The first-order valence-electron chi connectivity index (χ1n) is 9.48. The van der Waals surface area contributed by atoms with Gasteiger partial charge in [0.2, 0.25) is 0 Å². The predicted octanol–water partition coefficient (Wildman–Crippen LogP) is 1.15. The molecule has 3 heterocycles. The number of benzene rings is 1. The molecule has 0 saturated carbocycles. The third kappa shape index (κ3) is 2.98. The fraction of sp³-hybridized carbons (Fsp3) is 0.450. The van der Waals surface area contributed by atoms with Crippen LogP contribution >= 0.6 is 0 Å². The van der Waals surface area contributed by atoms with Crippen LogP contribution in [0, 0.1) is 6.92 Å². The summed E-state index contributed by atoms with van der Waals surface area (Å²) in [6, 6.07) is 7.16. The SMILES string of the molecule is C=CCN1N=C(C)CN2C3C(=O)N(Cc4cccc(C)c4)C(=O)N(C)C3NC12. The van der Waals surface area contributed by atoms with E-state index >= 15 is 0 Å². The maximum Gasteiger partial charge on any atom is 0.328 e. The average molecular weight is 382 g/mol. The van der Waals surface area contributed by atoms with Gasteiger partial charge >= 0.3 is 6.03 Å². The number of hydrogen-bond donors (Lipinski definition) is 1. The molecule has 1 aromatic carbocycles. The van der Waals surface area contributed by atoms with E-state index in [2.05, 4.69) is 21.9 Å². The van der Waals surface area contributed by atoms with E-state index in [-0.39, 0.29) is 30.9 Å². The lowest BCUT2D eigenvalue weighted by atomic mass is 10.1. The Balaban J connectivity index is 1.64. The number of urea groups is 1. The zero-order chi connectivity index (χ0) is 20.0. The Kier molecular flexibility index (Phi) is 4.68. The summed E-state index contributed by atoms with van der Waals surface area (Å²) in [5.74, 6) is -0.169. The van der Waals surface area contributed by atoms with Crippen molar-refractivity contribution in [3.05, 3.63) is 48.0 Å². The highest BCUT2D eigenvalue weighted by Gasteiger charge is 2.56. The molecule has 148 valence electrons. The summed E-state index contributed by atoms with van der Waals surface area (Å²) >= 11 is 0. The minimum absolute atomic E-state index is 0.169. The average Bonchev–Trinajstić information content (AvgIpc) is 3.03. The topological polar surface area (TPSA) is 71.5 Å². The lowest BCUT2D eigenvalue weighted by Crippen LogP contribution is -2.66. The zero-order valence-corrected chi connectivity index (χ0v) is 16.5. The van der Waals surface area contributed by atoms with Gasteiger partial charge in [-0.1, -0.05) is 35.9 Å². The van der Waals surface area contributed by atoms with Crippen LogP contribution in [0.2, 0.25) is 0 Å². The summed E-state index contributed by atoms with van der Waals surface area (Å²) in [5, 5.41) is 9.87. The van der Waals surface area contributed by atoms with Crippen LogP contribution in [0.3, 0.4) is 0 Å². The van der Waals surface area contributed by atoms with Crippen LogP contribution in [0.5, 0.6) is 0 Å². The number of hydrazone groups is 1. The van der Waals surface area contributed by atoms with Gasteiger partial charge in [-0.2, -0.15) is 5.10 Å². The van der Waals surface area contributed by atoms with E-state index in [9.17, 15) is 9.59 Å². The van der Waals surface area contributed by atoms with Crippen molar-refractivity contribution in [2.75, 3.05) is 20.1 Å². The lowest BCUT2D eigenvalue weighted by Gasteiger charge is -2.42. The second-order valence-corrected chi connectivity index (χ2v) is 7.66. The number of amides is 3. The maximum atomic E-state index is 13.4. The quantitative estimate of drug-likeness (QED) is 0.791. The van der Waals surface area contributed by atoms with Gasteiger partial charge in [0.05, 0.1) is 13.1 Å². The fourth-order valence-electron chi connectivity index (χ4n) is 4.26. The van der Waals surface area contributed by atoms with E-state index in [1.54, 1.807) is 18.0 Å². The molecule has 0 aromatic heterocycles. The van der Waals surface area contributed by atoms with Gasteiger partial charge in [-0.25, -0.2) is 9.69 Å². The van der Waals surface area contributed by atoms with Gasteiger partial charge in [-0.3, -0.25) is 20.0 Å². The minimum atomic E-state index is -0.449. The highest BCUT2D eigenvalue weighted by atomic mass is 16.2. The lowest BCUT2D eigenvalue weighted by molar-refractivity contribution is -0.139. The molecule has 0 aliphatic carbocycles. The molecule has 0 spiro atoms. The van der Waals surface area contributed by atoms with Crippen LogP contribution in [0.4, 0.5) is 4.79 Å². The van der Waals surface area contributed by atoms with Crippen LogP contribution in [-0.2, 0) is 11.3 Å². The normalized spacial score (nSPS) is 27.6. The monoisotopic (exact) mass is 382 g/mol. The molecule has 3 atom stereocenters. The van der Waals surface area contributed by atoms with E-state index in [4.69, 9.17) is 0 Å². The Bertz CT molecular complexity index is 853. The van der Waals surface area contributed by atoms with Crippen molar-refractivity contribution < 1.29 is 9.59 Å². The van der Waals surface area contributed by atoms with Crippen LogP contribution in [0.15, 0.2) is 42.0 Å². The molecule has 2 saturated heterocycles. The molecular formula is C20H26N6O2. The summed E-state index contributed by atoms with van der Waals surface area (Å²) in [6.45, 7) is 9.16. The summed E-state index contributed by atoms with van der Waals surface area (Å²) in [4.78, 5) is 31.4. The van der Waals surface area contributed by atoms with Gasteiger partial charge < -0.3 is 4.90 Å². The standard InChI is InChI=1S/C20H26N6O2/c1-5-9-26-19-21-17-16(24(19)11-14(3)22-26)18(27)25(20(28)23(17)4)12-15-8-6-7-13(2)10-15/h5-8,10,16-17,19,21H,1,9,11-12H2,2-4H3. The van der Waals surface area contributed by atoms with E-state index < -0.39 is 6.04 Å². The summed E-state index contributed by atoms with van der Waals surface area (Å²) in [5.41, 5.74) is 2.98. The van der Waals surface area contributed by atoms with Crippen LogP contribution in [-0.4, -0.2) is 76.0 Å². The molecule has 1 N–H and O–H groups in total. The van der Waals surface area contributed by atoms with Crippen molar-refractivity contribution in [2.24, 2.45) is 5.10 Å². The number of nitrogens with one attached hydrogen (secondary N) is 1. The minimum Gasteiger partial charge on any atom is -0.310 e. The van der Waals surface area contributed by atoms with Crippen LogP contribution in [0.25, 0.3) is 0 Å². The van der Waals surface area contributed by atoms with E-state index in [1.807, 2.05) is 43.1 Å². The van der Waals surface area contributed by atoms with Crippen molar-refractivity contribution in [1.82, 2.24) is 25.0 Å². The highest BCUT2D eigenvalue weighted by molar-refractivity contribution is 6.01. The van der Waals surface area contributed by atoms with Crippen molar-refractivity contribution in [3.63, 3.8) is 0 Å². The molecule has 0 bridgehead atoms. The van der Waals surface area contributed by atoms with Crippen LogP contribution in [0.1, 0.15) is 18.1 Å². The number of likely N-dealkylation sites (N-methyl/N-ethyl adjacent to an activating group) is 1. The van der Waals surface area contributed by atoms with E-state index in [1.165, 1.54) is 4.90 Å². The Morgan fingerprint density at radius 3 is 2.82 bits per heavy atom. The largest absolute Gasteiger partial charge is 0.328 e. The van der Waals surface area contributed by atoms with Gasteiger partial charge in [-0.05, 0) is 19.4 Å². The molecule has 0 radical (unpaired) electrons. The molecule has 8 heteroatoms. The molecular weight excluding hydrogens is 356 g/mol. The van der Waals surface area contributed by atoms with Crippen molar-refractivity contribution in [3.8, 4) is 0 Å². The highest BCUT2D eigenvalue weighted by Crippen LogP contribution is 2.30. The van der Waals surface area contributed by atoms with Gasteiger partial charge in [0.15, 0.2) is 6.29 Å². The molecule has 3 amide bonds. The molecule has 3 aliphatic rings. The van der Waals surface area contributed by atoms with Crippen molar-refractivity contribution >= 4 is 17.6 Å². The first kappa shape index (κ1) is 18.6. The maximum absolute atomic E-state index is 13.4. The third-order valence-corrected chi connectivity index (χ3v) is 5.49.